The van der Waals surface area contributed by atoms with Gasteiger partial charge in [0.15, 0.2) is 0 Å². The predicted octanol–water partition coefficient (Wildman–Crippen LogP) is 3.24. The van der Waals surface area contributed by atoms with E-state index in [2.05, 4.69) is 0 Å². The number of fused-ring (bicyclic) bond motifs is 1. The van der Waals surface area contributed by atoms with Gasteiger partial charge in [0.2, 0.25) is 0 Å². The second-order valence-electron chi connectivity index (χ2n) is 5.37. The topological polar surface area (TPSA) is 79.5 Å². The van der Waals surface area contributed by atoms with Crippen molar-refractivity contribution < 1.29 is 19.8 Å². The lowest BCUT2D eigenvalue weighted by Gasteiger charge is -2.05. The Labute approximate surface area is 138 Å². The van der Waals surface area contributed by atoms with Crippen LogP contribution in [0.2, 0.25) is 0 Å². The molecule has 0 spiro atoms. The van der Waals surface area contributed by atoms with Gasteiger partial charge in [0.1, 0.15) is 5.76 Å². The second kappa shape index (κ2) is 6.42. The molecular weight excluding hydrogens is 306 g/mol. The smallest absolute Gasteiger partial charge is 0.376 e. The Morgan fingerprint density at radius 2 is 1.62 bits per heavy atom. The molecular formula is C19H15NO4. The summed E-state index contributed by atoms with van der Waals surface area (Å²) in [6.45, 7) is 0.599. The van der Waals surface area contributed by atoms with Crippen LogP contribution in [0.25, 0.3) is 16.7 Å². The summed E-state index contributed by atoms with van der Waals surface area (Å²) >= 11 is 0. The molecule has 3 aromatic rings. The normalized spacial score (nSPS) is 11.6. The van der Waals surface area contributed by atoms with E-state index in [0.717, 1.165) is 22.5 Å². The molecule has 0 unspecified atom stereocenters. The Hall–Kier alpha value is -3.34. The lowest BCUT2D eigenvalue weighted by atomic mass is 10.1. The van der Waals surface area contributed by atoms with Crippen LogP contribution in [0.1, 0.15) is 11.1 Å². The van der Waals surface area contributed by atoms with Gasteiger partial charge < -0.3 is 14.8 Å². The highest BCUT2D eigenvalue weighted by atomic mass is 16.4. The molecule has 0 aliphatic rings. The van der Waals surface area contributed by atoms with Gasteiger partial charge in [-0.2, -0.15) is 0 Å². The Morgan fingerprint density at radius 3 is 2.33 bits per heavy atom. The zero-order valence-corrected chi connectivity index (χ0v) is 12.7. The van der Waals surface area contributed by atoms with Gasteiger partial charge in [-0.05, 0) is 11.6 Å². The number of hydrogen-bond acceptors (Lipinski definition) is 3. The average Bonchev–Trinajstić information content (AvgIpc) is 2.94. The van der Waals surface area contributed by atoms with Gasteiger partial charge in [-0.15, -0.1) is 0 Å². The van der Waals surface area contributed by atoms with Crippen molar-refractivity contribution in [3.63, 3.8) is 0 Å². The van der Waals surface area contributed by atoms with E-state index in [1.165, 1.54) is 0 Å². The lowest BCUT2D eigenvalue weighted by molar-refractivity contribution is -0.146. The molecule has 0 aliphatic carbocycles. The highest BCUT2D eigenvalue weighted by molar-refractivity contribution is 6.38. The fraction of sp³-hybridized carbons (Fsp3) is 0.0526. The summed E-state index contributed by atoms with van der Waals surface area (Å²) in [6, 6.07) is 17.3. The number of ketones is 1. The molecule has 5 nitrogen and oxygen atoms in total. The Morgan fingerprint density at radius 1 is 0.958 bits per heavy atom. The Balaban J connectivity index is 2.07. The number of nitrogens with zero attached hydrogens (tertiary/aromatic N) is 1. The van der Waals surface area contributed by atoms with Crippen LogP contribution in [-0.2, 0) is 16.1 Å². The number of aliphatic hydroxyl groups excluding tert-OH is 1. The summed E-state index contributed by atoms with van der Waals surface area (Å²) in [7, 11) is 0. The van der Waals surface area contributed by atoms with Crippen molar-refractivity contribution in [1.29, 1.82) is 0 Å². The maximum atomic E-state index is 11.3. The first-order chi connectivity index (χ1) is 11.6. The van der Waals surface area contributed by atoms with E-state index >= 15 is 0 Å². The Kier molecular flexibility index (Phi) is 4.16. The van der Waals surface area contributed by atoms with Crippen molar-refractivity contribution >= 4 is 28.4 Å². The lowest BCUT2D eigenvalue weighted by Crippen LogP contribution is -2.09. The van der Waals surface area contributed by atoms with Gasteiger partial charge in [-0.25, -0.2) is 4.79 Å². The number of carbonyl (C=O) groups is 2. The molecule has 1 heterocycles. The summed E-state index contributed by atoms with van der Waals surface area (Å²) < 4.78 is 1.95. The van der Waals surface area contributed by atoms with Crippen LogP contribution in [0.4, 0.5) is 0 Å². The van der Waals surface area contributed by atoms with Gasteiger partial charge in [-0.3, -0.25) is 4.79 Å². The van der Waals surface area contributed by atoms with Gasteiger partial charge in [0, 0.05) is 35.3 Å². The fourth-order valence-electron chi connectivity index (χ4n) is 2.63. The van der Waals surface area contributed by atoms with Gasteiger partial charge in [0.25, 0.3) is 5.78 Å². The number of aliphatic hydroxyl groups is 1. The van der Waals surface area contributed by atoms with Gasteiger partial charge in [-0.1, -0.05) is 48.5 Å². The van der Waals surface area contributed by atoms with Crippen molar-refractivity contribution in [2.75, 3.05) is 0 Å². The molecule has 0 aliphatic heterocycles. The average molecular weight is 321 g/mol. The molecule has 0 saturated heterocycles. The zero-order valence-electron chi connectivity index (χ0n) is 12.7. The van der Waals surface area contributed by atoms with Crippen LogP contribution in [0.3, 0.4) is 0 Å². The predicted molar refractivity (Wildman–Crippen MR) is 90.7 cm³/mol. The van der Waals surface area contributed by atoms with Crippen LogP contribution < -0.4 is 0 Å². The van der Waals surface area contributed by atoms with Crippen LogP contribution in [0.5, 0.6) is 0 Å². The number of aromatic nitrogens is 1. The SMILES string of the molecule is O=C(O)C(=O)/C=C(/O)c1cn(Cc2ccccc2)c2ccccc12. The van der Waals surface area contributed by atoms with E-state index < -0.39 is 11.8 Å². The van der Waals surface area contributed by atoms with E-state index in [1.807, 2.05) is 59.2 Å². The maximum absolute atomic E-state index is 11.3. The molecule has 0 bridgehead atoms. The summed E-state index contributed by atoms with van der Waals surface area (Å²) in [6.07, 6.45) is 2.45. The van der Waals surface area contributed by atoms with Gasteiger partial charge in [0.05, 0.1) is 0 Å². The van der Waals surface area contributed by atoms with E-state index in [9.17, 15) is 14.7 Å². The van der Waals surface area contributed by atoms with E-state index in [-0.39, 0.29) is 5.76 Å². The quantitative estimate of drug-likeness (QED) is 0.429. The van der Waals surface area contributed by atoms with Gasteiger partial charge >= 0.3 is 5.97 Å². The number of rotatable bonds is 5. The van der Waals surface area contributed by atoms with Crippen molar-refractivity contribution in [2.45, 2.75) is 6.54 Å². The number of aliphatic carboxylic acids is 1. The summed E-state index contributed by atoms with van der Waals surface area (Å²) in [5.74, 6) is -3.12. The minimum absolute atomic E-state index is 0.356. The van der Waals surface area contributed by atoms with Crippen LogP contribution in [0, 0.1) is 0 Å². The number of para-hydroxylation sites is 1. The standard InChI is InChI=1S/C19H15NO4/c21-17(10-18(22)19(23)24)15-12-20(11-13-6-2-1-3-7-13)16-9-5-4-8-14(15)16/h1-10,12,21H,11H2,(H,23,24)/b17-10+. The molecule has 0 amide bonds. The first kappa shape index (κ1) is 15.6. The zero-order chi connectivity index (χ0) is 17.1. The summed E-state index contributed by atoms with van der Waals surface area (Å²) in [5, 5.41) is 19.6. The minimum atomic E-state index is -1.60. The van der Waals surface area contributed by atoms with E-state index in [0.29, 0.717) is 12.1 Å². The van der Waals surface area contributed by atoms with E-state index in [4.69, 9.17) is 5.11 Å². The molecule has 2 aromatic carbocycles. The molecule has 120 valence electrons. The van der Waals surface area contributed by atoms with Crippen molar-refractivity contribution in [3.8, 4) is 0 Å². The number of carboxylic acid groups (broad SMARTS) is 1. The molecule has 24 heavy (non-hydrogen) atoms. The Bertz CT molecular complexity index is 938. The molecule has 5 heteroatoms. The molecule has 2 N–H and O–H groups in total. The third kappa shape index (κ3) is 3.05. The third-order valence-corrected chi connectivity index (χ3v) is 3.74. The number of carbonyl (C=O) groups excluding carboxylic acids is 1. The fourth-order valence-corrected chi connectivity index (χ4v) is 2.63. The van der Waals surface area contributed by atoms with Crippen LogP contribution in [-0.4, -0.2) is 26.5 Å². The largest absolute Gasteiger partial charge is 0.507 e. The molecule has 0 radical (unpaired) electrons. The summed E-state index contributed by atoms with van der Waals surface area (Å²) in [4.78, 5) is 22.0. The molecule has 0 fully saturated rings. The van der Waals surface area contributed by atoms with Crippen molar-refractivity contribution in [2.24, 2.45) is 0 Å². The maximum Gasteiger partial charge on any atom is 0.376 e. The molecule has 0 atom stereocenters. The summed E-state index contributed by atoms with van der Waals surface area (Å²) in [5.41, 5.74) is 2.41. The monoisotopic (exact) mass is 321 g/mol. The third-order valence-electron chi connectivity index (χ3n) is 3.74. The number of carboxylic acids is 1. The van der Waals surface area contributed by atoms with Crippen molar-refractivity contribution in [3.05, 3.63) is 78.0 Å². The molecule has 3 rings (SSSR count). The highest BCUT2D eigenvalue weighted by Crippen LogP contribution is 2.27. The van der Waals surface area contributed by atoms with Crippen molar-refractivity contribution in [1.82, 2.24) is 4.57 Å². The first-order valence-corrected chi connectivity index (χ1v) is 7.36. The van der Waals surface area contributed by atoms with E-state index in [1.54, 1.807) is 6.20 Å². The van der Waals surface area contributed by atoms with Crippen LogP contribution in [0.15, 0.2) is 66.9 Å². The van der Waals surface area contributed by atoms with Crippen LogP contribution >= 0.6 is 0 Å². The molecule has 1 aromatic heterocycles. The first-order valence-electron chi connectivity index (χ1n) is 7.36. The molecule has 0 saturated carbocycles. The minimum Gasteiger partial charge on any atom is -0.507 e. The number of hydrogen-bond donors (Lipinski definition) is 2. The highest BCUT2D eigenvalue weighted by Gasteiger charge is 2.15. The number of benzene rings is 2. The second-order valence-corrected chi connectivity index (χ2v) is 5.37.